The van der Waals surface area contributed by atoms with Crippen LogP contribution < -0.4 is 26.7 Å². The standard InChI is InChI=1S/C47H59BN8/c48-42-21-19-41(20-22-42)47(39-15-11-37(12-16-39)35-55-27-3-23-49-31-43-7-1-8-44(53-43)32-50-24-4-28-55)40-17-13-38(14-18-40)36-56-29-5-25-51-33-45-9-2-10-46(54-45)34-52-26-6-30-56/h1-2,7-22,47,49-52H,3-6,23-36H2. The van der Waals surface area contributed by atoms with Gasteiger partial charge in [-0.15, -0.1) is 0 Å². The Kier molecular flexibility index (Phi) is 15.2. The number of rotatable bonds is 7. The van der Waals surface area contributed by atoms with Crippen LogP contribution in [0, 0.1) is 0 Å². The van der Waals surface area contributed by atoms with Crippen LogP contribution in [0.2, 0.25) is 0 Å². The van der Waals surface area contributed by atoms with Crippen molar-refractivity contribution < 1.29 is 0 Å². The van der Waals surface area contributed by atoms with Gasteiger partial charge in [0.25, 0.3) is 0 Å². The molecule has 2 aromatic heterocycles. The largest absolute Gasteiger partial charge is 0.311 e. The molecule has 4 heterocycles. The Bertz CT molecular complexity index is 1720. The summed E-state index contributed by atoms with van der Waals surface area (Å²) in [5.74, 6) is 0.125. The first-order valence-corrected chi connectivity index (χ1v) is 20.8. The molecule has 2 radical (unpaired) electrons. The molecule has 7 rings (SSSR count). The third kappa shape index (κ3) is 12.4. The summed E-state index contributed by atoms with van der Waals surface area (Å²) in [6, 6.07) is 39.8. The molecule has 56 heavy (non-hydrogen) atoms. The number of benzene rings is 3. The summed E-state index contributed by atoms with van der Waals surface area (Å²) in [7, 11) is 6.16. The minimum absolute atomic E-state index is 0.125. The van der Waals surface area contributed by atoms with Gasteiger partial charge in [-0.2, -0.15) is 0 Å². The highest BCUT2D eigenvalue weighted by Gasteiger charge is 2.18. The highest BCUT2D eigenvalue weighted by molar-refractivity contribution is 6.32. The van der Waals surface area contributed by atoms with Crippen LogP contribution in [0.15, 0.2) is 109 Å². The molecule has 0 amide bonds. The van der Waals surface area contributed by atoms with Crippen LogP contribution in [0.25, 0.3) is 0 Å². The van der Waals surface area contributed by atoms with Crippen molar-refractivity contribution in [1.82, 2.24) is 41.0 Å². The molecule has 0 spiro atoms. The Morgan fingerprint density at radius 2 is 0.768 bits per heavy atom. The van der Waals surface area contributed by atoms with Gasteiger partial charge in [-0.05, 0) is 130 Å². The maximum absolute atomic E-state index is 6.16. The highest BCUT2D eigenvalue weighted by Crippen LogP contribution is 2.32. The van der Waals surface area contributed by atoms with Gasteiger partial charge in [0, 0.05) is 45.2 Å². The molecule has 3 aromatic carbocycles. The molecule has 0 aliphatic carbocycles. The van der Waals surface area contributed by atoms with Crippen LogP contribution in [0.1, 0.15) is 82.2 Å². The van der Waals surface area contributed by atoms with Crippen LogP contribution in [-0.2, 0) is 39.3 Å². The zero-order valence-corrected chi connectivity index (χ0v) is 33.1. The topological polar surface area (TPSA) is 80.4 Å². The van der Waals surface area contributed by atoms with Gasteiger partial charge in [0.1, 0.15) is 7.85 Å². The third-order valence-corrected chi connectivity index (χ3v) is 11.0. The Morgan fingerprint density at radius 3 is 1.11 bits per heavy atom. The molecular formula is C47H59BN8. The summed E-state index contributed by atoms with van der Waals surface area (Å²) in [5, 5.41) is 14.4. The minimum Gasteiger partial charge on any atom is -0.311 e. The molecule has 2 aliphatic rings. The fraction of sp³-hybridized carbons (Fsp3) is 0.404. The maximum atomic E-state index is 6.16. The molecule has 0 saturated carbocycles. The van der Waals surface area contributed by atoms with Gasteiger partial charge in [-0.3, -0.25) is 19.8 Å². The summed E-state index contributed by atoms with van der Waals surface area (Å²) in [5.41, 5.74) is 11.8. The molecule has 290 valence electrons. The van der Waals surface area contributed by atoms with Crippen molar-refractivity contribution in [1.29, 1.82) is 0 Å². The van der Waals surface area contributed by atoms with Crippen LogP contribution in [0.4, 0.5) is 0 Å². The second-order valence-electron chi connectivity index (χ2n) is 15.5. The van der Waals surface area contributed by atoms with Gasteiger partial charge in [-0.25, -0.2) is 0 Å². The fourth-order valence-electron chi connectivity index (χ4n) is 7.98. The molecule has 0 atom stereocenters. The van der Waals surface area contributed by atoms with E-state index in [4.69, 9.17) is 17.8 Å². The number of hydrogen-bond acceptors (Lipinski definition) is 8. The lowest BCUT2D eigenvalue weighted by molar-refractivity contribution is 0.256. The molecular weight excluding hydrogens is 687 g/mol. The molecule has 5 aromatic rings. The van der Waals surface area contributed by atoms with Crippen molar-refractivity contribution in [2.75, 3.05) is 52.4 Å². The van der Waals surface area contributed by atoms with E-state index < -0.39 is 0 Å². The normalized spacial score (nSPS) is 17.5. The van der Waals surface area contributed by atoms with E-state index in [0.717, 1.165) is 146 Å². The van der Waals surface area contributed by atoms with Crippen molar-refractivity contribution >= 4 is 13.3 Å². The lowest BCUT2D eigenvalue weighted by Crippen LogP contribution is -2.30. The number of pyridine rings is 2. The Hall–Kier alpha value is -4.22. The molecule has 2 aliphatic heterocycles. The molecule has 0 saturated heterocycles. The first-order valence-electron chi connectivity index (χ1n) is 20.8. The smallest absolute Gasteiger partial charge is 0.113 e. The van der Waals surface area contributed by atoms with Gasteiger partial charge in [0.15, 0.2) is 0 Å². The Morgan fingerprint density at radius 1 is 0.446 bits per heavy atom. The zero-order chi connectivity index (χ0) is 38.2. The van der Waals surface area contributed by atoms with Crippen molar-refractivity contribution in [3.63, 3.8) is 0 Å². The van der Waals surface area contributed by atoms with Crippen LogP contribution >= 0.6 is 0 Å². The van der Waals surface area contributed by atoms with E-state index in [0.29, 0.717) is 0 Å². The van der Waals surface area contributed by atoms with Crippen LogP contribution in [0.5, 0.6) is 0 Å². The number of fused-ring (bicyclic) bond motifs is 4. The minimum atomic E-state index is 0.125. The second kappa shape index (κ2) is 21.3. The van der Waals surface area contributed by atoms with Gasteiger partial charge < -0.3 is 21.3 Å². The molecule has 8 nitrogen and oxygen atoms in total. The molecule has 0 fully saturated rings. The number of nitrogens with one attached hydrogen (secondary N) is 4. The zero-order valence-electron chi connectivity index (χ0n) is 33.1. The highest BCUT2D eigenvalue weighted by atomic mass is 15.1. The van der Waals surface area contributed by atoms with Gasteiger partial charge in [-0.1, -0.05) is 90.4 Å². The van der Waals surface area contributed by atoms with Gasteiger partial charge in [0.2, 0.25) is 0 Å². The SMILES string of the molecule is [B]c1ccc(C(c2ccc(CN3CCCNCc4cccc(n4)CNCCC3)cc2)c2ccc(CN3CCCNCc4cccc(n4)CNCCC3)cc2)cc1. The molecule has 4 N–H and O–H groups in total. The predicted molar refractivity (Wildman–Crippen MR) is 230 cm³/mol. The molecule has 9 heteroatoms. The van der Waals surface area contributed by atoms with E-state index in [-0.39, 0.29) is 5.92 Å². The first-order chi connectivity index (χ1) is 27.6. The maximum Gasteiger partial charge on any atom is 0.113 e. The molecule has 0 unspecified atom stereocenters. The van der Waals surface area contributed by atoms with E-state index in [1.54, 1.807) is 0 Å². The van der Waals surface area contributed by atoms with E-state index in [1.807, 2.05) is 12.1 Å². The van der Waals surface area contributed by atoms with Crippen LogP contribution in [-0.4, -0.2) is 80.0 Å². The van der Waals surface area contributed by atoms with Crippen molar-refractivity contribution in [3.8, 4) is 0 Å². The monoisotopic (exact) mass is 746 g/mol. The van der Waals surface area contributed by atoms with E-state index in [2.05, 4.69) is 128 Å². The van der Waals surface area contributed by atoms with E-state index in [9.17, 15) is 0 Å². The quantitative estimate of drug-likeness (QED) is 0.130. The number of hydrogen-bond donors (Lipinski definition) is 4. The van der Waals surface area contributed by atoms with Crippen molar-refractivity contribution in [2.24, 2.45) is 0 Å². The van der Waals surface area contributed by atoms with Crippen LogP contribution in [0.3, 0.4) is 0 Å². The average Bonchev–Trinajstić information content (AvgIpc) is 3.22. The first kappa shape index (κ1) is 40.0. The Labute approximate surface area is 336 Å². The third-order valence-electron chi connectivity index (χ3n) is 11.0. The van der Waals surface area contributed by atoms with Crippen molar-refractivity contribution in [2.45, 2.75) is 70.9 Å². The van der Waals surface area contributed by atoms with E-state index in [1.165, 1.54) is 27.8 Å². The summed E-state index contributed by atoms with van der Waals surface area (Å²) in [4.78, 5) is 14.8. The average molecular weight is 747 g/mol. The lowest BCUT2D eigenvalue weighted by Gasteiger charge is -2.25. The Balaban J connectivity index is 0.990. The van der Waals surface area contributed by atoms with Gasteiger partial charge >= 0.3 is 0 Å². The number of aromatic nitrogens is 2. The van der Waals surface area contributed by atoms with Crippen molar-refractivity contribution in [3.05, 3.63) is 160 Å². The predicted octanol–water partition coefficient (Wildman–Crippen LogP) is 5.40. The second-order valence-corrected chi connectivity index (χ2v) is 15.5. The fourth-order valence-corrected chi connectivity index (χ4v) is 7.98. The summed E-state index contributed by atoms with van der Waals surface area (Å²) in [6.07, 6.45) is 4.44. The molecule has 4 bridgehead atoms. The lowest BCUT2D eigenvalue weighted by atomic mass is 9.83. The number of nitrogens with zero attached hydrogens (tertiary/aromatic N) is 4. The van der Waals surface area contributed by atoms with Gasteiger partial charge in [0.05, 0.1) is 22.8 Å². The van der Waals surface area contributed by atoms with E-state index >= 15 is 0 Å². The summed E-state index contributed by atoms with van der Waals surface area (Å²) >= 11 is 0. The summed E-state index contributed by atoms with van der Waals surface area (Å²) < 4.78 is 0. The summed E-state index contributed by atoms with van der Waals surface area (Å²) in [6.45, 7) is 13.4.